The van der Waals surface area contributed by atoms with Crippen molar-refractivity contribution >= 4 is 10.0 Å². The summed E-state index contributed by atoms with van der Waals surface area (Å²) in [6.45, 7) is 4.91. The van der Waals surface area contributed by atoms with Gasteiger partial charge in [0.05, 0.1) is 4.90 Å². The summed E-state index contributed by atoms with van der Waals surface area (Å²) >= 11 is 0. The maximum absolute atomic E-state index is 12.3. The van der Waals surface area contributed by atoms with Crippen LogP contribution in [0.15, 0.2) is 23.1 Å². The highest BCUT2D eigenvalue weighted by molar-refractivity contribution is 7.89. The van der Waals surface area contributed by atoms with Gasteiger partial charge in [-0.1, -0.05) is 6.07 Å². The van der Waals surface area contributed by atoms with Crippen molar-refractivity contribution in [2.45, 2.75) is 25.2 Å². The summed E-state index contributed by atoms with van der Waals surface area (Å²) in [6.07, 6.45) is 0.692. The highest BCUT2D eigenvalue weighted by Gasteiger charge is 2.20. The Labute approximate surface area is 110 Å². The van der Waals surface area contributed by atoms with Crippen LogP contribution in [0.4, 0.5) is 0 Å². The normalized spacial score (nSPS) is 12.1. The van der Waals surface area contributed by atoms with Crippen LogP contribution in [0.1, 0.15) is 17.5 Å². The largest absolute Gasteiger partial charge is 0.385 e. The highest BCUT2D eigenvalue weighted by Crippen LogP contribution is 2.18. The van der Waals surface area contributed by atoms with Gasteiger partial charge in [-0.05, 0) is 43.5 Å². The third-order valence-corrected chi connectivity index (χ3v) is 4.86. The second kappa shape index (κ2) is 6.31. The van der Waals surface area contributed by atoms with Crippen molar-refractivity contribution in [3.05, 3.63) is 29.3 Å². The molecule has 0 heterocycles. The molecule has 5 heteroatoms. The average molecular weight is 271 g/mol. The fraction of sp³-hybridized carbons (Fsp3) is 0.538. The van der Waals surface area contributed by atoms with Crippen LogP contribution in [0.2, 0.25) is 0 Å². The Kier molecular flexibility index (Phi) is 5.31. The Hall–Kier alpha value is -0.910. The van der Waals surface area contributed by atoms with Gasteiger partial charge in [0.2, 0.25) is 10.0 Å². The SMILES string of the molecule is COCCCN(C)S(=O)(=O)c1ccc(C)c(C)c1. The summed E-state index contributed by atoms with van der Waals surface area (Å²) in [7, 11) is -0.175. The number of ether oxygens (including phenoxy) is 1. The minimum atomic E-state index is -3.38. The summed E-state index contributed by atoms with van der Waals surface area (Å²) < 4.78 is 30.8. The summed E-state index contributed by atoms with van der Waals surface area (Å²) in [4.78, 5) is 0.352. The summed E-state index contributed by atoms with van der Waals surface area (Å²) in [5.74, 6) is 0. The molecule has 1 aromatic rings. The maximum atomic E-state index is 12.3. The Bertz CT molecular complexity index is 497. The summed E-state index contributed by atoms with van der Waals surface area (Å²) in [6, 6.07) is 5.22. The number of methoxy groups -OCH3 is 1. The second-order valence-electron chi connectivity index (χ2n) is 4.42. The molecule has 0 N–H and O–H groups in total. The van der Waals surface area contributed by atoms with Crippen molar-refractivity contribution in [2.75, 3.05) is 27.3 Å². The number of sulfonamides is 1. The quantitative estimate of drug-likeness (QED) is 0.743. The molecule has 102 valence electrons. The van der Waals surface area contributed by atoms with Gasteiger partial charge in [0, 0.05) is 27.3 Å². The van der Waals surface area contributed by atoms with E-state index in [1.165, 1.54) is 4.31 Å². The molecule has 0 aliphatic heterocycles. The van der Waals surface area contributed by atoms with Crippen molar-refractivity contribution in [2.24, 2.45) is 0 Å². The van der Waals surface area contributed by atoms with Gasteiger partial charge in [-0.3, -0.25) is 0 Å². The van der Waals surface area contributed by atoms with Gasteiger partial charge in [0.25, 0.3) is 0 Å². The van der Waals surface area contributed by atoms with E-state index in [0.717, 1.165) is 11.1 Å². The number of hydrogen-bond donors (Lipinski definition) is 0. The van der Waals surface area contributed by atoms with Crippen molar-refractivity contribution in [1.29, 1.82) is 0 Å². The first-order valence-electron chi connectivity index (χ1n) is 5.92. The van der Waals surface area contributed by atoms with E-state index in [0.29, 0.717) is 24.5 Å². The van der Waals surface area contributed by atoms with Gasteiger partial charge in [0.1, 0.15) is 0 Å². The topological polar surface area (TPSA) is 46.6 Å². The number of hydrogen-bond acceptors (Lipinski definition) is 3. The molecule has 0 aliphatic rings. The van der Waals surface area contributed by atoms with E-state index in [1.807, 2.05) is 19.9 Å². The van der Waals surface area contributed by atoms with Gasteiger partial charge < -0.3 is 4.74 Å². The van der Waals surface area contributed by atoms with Gasteiger partial charge in [-0.15, -0.1) is 0 Å². The van der Waals surface area contributed by atoms with E-state index in [1.54, 1.807) is 26.3 Å². The smallest absolute Gasteiger partial charge is 0.242 e. The Morgan fingerprint density at radius 1 is 1.22 bits per heavy atom. The van der Waals surface area contributed by atoms with Crippen LogP contribution in [0, 0.1) is 13.8 Å². The van der Waals surface area contributed by atoms with E-state index in [2.05, 4.69) is 0 Å². The van der Waals surface area contributed by atoms with Crippen molar-refractivity contribution in [3.63, 3.8) is 0 Å². The molecule has 0 fully saturated rings. The van der Waals surface area contributed by atoms with E-state index in [4.69, 9.17) is 4.74 Å². The van der Waals surface area contributed by atoms with Crippen LogP contribution in [-0.2, 0) is 14.8 Å². The molecule has 0 aliphatic carbocycles. The molecule has 4 nitrogen and oxygen atoms in total. The zero-order valence-corrected chi connectivity index (χ0v) is 12.3. The lowest BCUT2D eigenvalue weighted by atomic mass is 10.1. The van der Waals surface area contributed by atoms with Gasteiger partial charge in [-0.2, -0.15) is 0 Å². The lowest BCUT2D eigenvalue weighted by Crippen LogP contribution is -2.28. The van der Waals surface area contributed by atoms with Gasteiger partial charge in [0.15, 0.2) is 0 Å². The molecule has 1 rings (SSSR count). The van der Waals surface area contributed by atoms with Crippen molar-refractivity contribution < 1.29 is 13.2 Å². The maximum Gasteiger partial charge on any atom is 0.242 e. The molecule has 0 aromatic heterocycles. The molecule has 0 unspecified atom stereocenters. The molecule has 18 heavy (non-hydrogen) atoms. The Morgan fingerprint density at radius 3 is 2.44 bits per heavy atom. The minimum Gasteiger partial charge on any atom is -0.385 e. The standard InChI is InChI=1S/C13H21NO3S/c1-11-6-7-13(10-12(11)2)18(15,16)14(3)8-5-9-17-4/h6-7,10H,5,8-9H2,1-4H3. The first-order valence-corrected chi connectivity index (χ1v) is 7.36. The third-order valence-electron chi connectivity index (χ3n) is 3.01. The average Bonchev–Trinajstić information content (AvgIpc) is 2.32. The zero-order chi connectivity index (χ0) is 13.8. The highest BCUT2D eigenvalue weighted by atomic mass is 32.2. The fourth-order valence-electron chi connectivity index (χ4n) is 1.61. The molecule has 0 radical (unpaired) electrons. The van der Waals surface area contributed by atoms with Gasteiger partial charge in [-0.25, -0.2) is 12.7 Å². The Morgan fingerprint density at radius 2 is 1.89 bits per heavy atom. The summed E-state index contributed by atoms with van der Waals surface area (Å²) in [5.41, 5.74) is 2.08. The van der Waals surface area contributed by atoms with Crippen LogP contribution < -0.4 is 0 Å². The molecular formula is C13H21NO3S. The predicted molar refractivity (Wildman–Crippen MR) is 72.2 cm³/mol. The van der Waals surface area contributed by atoms with Gasteiger partial charge >= 0.3 is 0 Å². The van der Waals surface area contributed by atoms with Crippen LogP contribution in [0.5, 0.6) is 0 Å². The molecule has 0 spiro atoms. The van der Waals surface area contributed by atoms with E-state index in [-0.39, 0.29) is 0 Å². The van der Waals surface area contributed by atoms with Crippen molar-refractivity contribution in [1.82, 2.24) is 4.31 Å². The number of nitrogens with zero attached hydrogens (tertiary/aromatic N) is 1. The number of aryl methyl sites for hydroxylation is 2. The van der Waals surface area contributed by atoms with Crippen molar-refractivity contribution in [3.8, 4) is 0 Å². The third kappa shape index (κ3) is 3.54. The summed E-state index contributed by atoms with van der Waals surface area (Å²) in [5, 5.41) is 0. The first kappa shape index (κ1) is 15.1. The fourth-order valence-corrected chi connectivity index (χ4v) is 2.90. The van der Waals surface area contributed by atoms with Crippen LogP contribution >= 0.6 is 0 Å². The molecule has 0 saturated carbocycles. The van der Waals surface area contributed by atoms with Crippen LogP contribution in [-0.4, -0.2) is 40.0 Å². The lowest BCUT2D eigenvalue weighted by molar-refractivity contribution is 0.189. The first-order chi connectivity index (χ1) is 8.39. The van der Waals surface area contributed by atoms with E-state index >= 15 is 0 Å². The number of benzene rings is 1. The van der Waals surface area contributed by atoms with E-state index in [9.17, 15) is 8.42 Å². The molecule has 0 amide bonds. The number of rotatable bonds is 6. The van der Waals surface area contributed by atoms with Crippen LogP contribution in [0.25, 0.3) is 0 Å². The molecule has 1 aromatic carbocycles. The van der Waals surface area contributed by atoms with E-state index < -0.39 is 10.0 Å². The monoisotopic (exact) mass is 271 g/mol. The second-order valence-corrected chi connectivity index (χ2v) is 6.46. The zero-order valence-electron chi connectivity index (χ0n) is 11.4. The molecule has 0 bridgehead atoms. The predicted octanol–water partition coefficient (Wildman–Crippen LogP) is 1.96. The Balaban J connectivity index is 2.88. The van der Waals surface area contributed by atoms with Crippen LogP contribution in [0.3, 0.4) is 0 Å². The minimum absolute atomic E-state index is 0.352. The molecule has 0 atom stereocenters. The lowest BCUT2D eigenvalue weighted by Gasteiger charge is -2.17. The molecule has 0 saturated heterocycles. The molecular weight excluding hydrogens is 250 g/mol.